The summed E-state index contributed by atoms with van der Waals surface area (Å²) in [5.41, 5.74) is 0.0431. The molecule has 2 aromatic heterocycles. The van der Waals surface area contributed by atoms with E-state index >= 15 is 8.78 Å². The highest BCUT2D eigenvalue weighted by atomic mass is 19.4. The van der Waals surface area contributed by atoms with E-state index in [9.17, 15) is 22.0 Å². The molecule has 0 radical (unpaired) electrons. The lowest BCUT2D eigenvalue weighted by Crippen LogP contribution is -2.28. The second kappa shape index (κ2) is 9.40. The standard InChI is InChI=1S/C24H16F7N3O/c25-16-4-7-19(21(26)11-16)20(12-17-9-10-33-34-17)23(27,28)22-8-3-15(13-32-22)14-1-5-18(6-2-14)35-24(29,30)31/h1-11,13,20H,12H2,(H,33,34). The van der Waals surface area contributed by atoms with Crippen molar-refractivity contribution >= 4 is 0 Å². The van der Waals surface area contributed by atoms with Crippen molar-refractivity contribution in [2.24, 2.45) is 0 Å². The van der Waals surface area contributed by atoms with Crippen LogP contribution in [0.25, 0.3) is 11.1 Å². The lowest BCUT2D eigenvalue weighted by molar-refractivity contribution is -0.274. The zero-order chi connectivity index (χ0) is 25.2. The average Bonchev–Trinajstić information content (AvgIpc) is 3.31. The van der Waals surface area contributed by atoms with Crippen LogP contribution in [0, 0.1) is 11.6 Å². The quantitative estimate of drug-likeness (QED) is 0.288. The Kier molecular flexibility index (Phi) is 6.51. The fourth-order valence-electron chi connectivity index (χ4n) is 3.63. The van der Waals surface area contributed by atoms with Gasteiger partial charge in [0.25, 0.3) is 5.92 Å². The normalized spacial score (nSPS) is 13.0. The van der Waals surface area contributed by atoms with E-state index in [2.05, 4.69) is 19.9 Å². The SMILES string of the molecule is Fc1ccc(C(Cc2ccn[nH]2)C(F)(F)c2ccc(-c3ccc(OC(F)(F)F)cc3)cn2)c(F)c1. The molecule has 0 aliphatic heterocycles. The largest absolute Gasteiger partial charge is 0.573 e. The maximum atomic E-state index is 15.6. The molecule has 182 valence electrons. The van der Waals surface area contributed by atoms with Crippen molar-refractivity contribution in [1.82, 2.24) is 15.2 Å². The number of nitrogens with zero attached hydrogens (tertiary/aromatic N) is 2. The molecule has 0 saturated carbocycles. The number of nitrogens with one attached hydrogen (secondary N) is 1. The van der Waals surface area contributed by atoms with Crippen LogP contribution in [-0.4, -0.2) is 21.5 Å². The molecule has 4 aromatic rings. The van der Waals surface area contributed by atoms with E-state index in [1.54, 1.807) is 0 Å². The lowest BCUT2D eigenvalue weighted by Gasteiger charge is -2.27. The Morgan fingerprint density at radius 3 is 2.14 bits per heavy atom. The number of halogens is 7. The summed E-state index contributed by atoms with van der Waals surface area (Å²) in [5, 5.41) is 6.28. The lowest BCUT2D eigenvalue weighted by atomic mass is 9.86. The second-order valence-electron chi connectivity index (χ2n) is 7.63. The molecule has 0 bridgehead atoms. The Bertz CT molecular complexity index is 1270. The highest BCUT2D eigenvalue weighted by molar-refractivity contribution is 5.63. The van der Waals surface area contributed by atoms with Gasteiger partial charge in [-0.3, -0.25) is 10.1 Å². The Morgan fingerprint density at radius 2 is 1.57 bits per heavy atom. The number of aromatic amines is 1. The molecular formula is C24H16F7N3O. The number of aromatic nitrogens is 3. The van der Waals surface area contributed by atoms with Crippen LogP contribution in [0.3, 0.4) is 0 Å². The van der Waals surface area contributed by atoms with E-state index < -0.39 is 46.8 Å². The van der Waals surface area contributed by atoms with Gasteiger partial charge < -0.3 is 4.74 Å². The number of H-pyrrole nitrogens is 1. The number of pyridine rings is 1. The van der Waals surface area contributed by atoms with E-state index in [4.69, 9.17) is 0 Å². The van der Waals surface area contributed by atoms with E-state index in [1.807, 2.05) is 0 Å². The monoisotopic (exact) mass is 495 g/mol. The van der Waals surface area contributed by atoms with Gasteiger partial charge in [-0.2, -0.15) is 13.9 Å². The molecule has 2 heterocycles. The van der Waals surface area contributed by atoms with Gasteiger partial charge in [0, 0.05) is 36.1 Å². The number of ether oxygens (including phenoxy) is 1. The van der Waals surface area contributed by atoms with Gasteiger partial charge in [-0.05, 0) is 41.5 Å². The molecule has 0 aliphatic rings. The van der Waals surface area contributed by atoms with Gasteiger partial charge in [-0.1, -0.05) is 24.3 Å². The van der Waals surface area contributed by atoms with E-state index in [1.165, 1.54) is 30.5 Å². The minimum Gasteiger partial charge on any atom is -0.406 e. The topological polar surface area (TPSA) is 50.8 Å². The highest BCUT2D eigenvalue weighted by Gasteiger charge is 2.45. The third-order valence-corrected chi connectivity index (χ3v) is 5.28. The van der Waals surface area contributed by atoms with Crippen molar-refractivity contribution in [2.75, 3.05) is 0 Å². The molecular weight excluding hydrogens is 479 g/mol. The first-order valence-corrected chi connectivity index (χ1v) is 10.2. The van der Waals surface area contributed by atoms with Gasteiger partial charge in [-0.25, -0.2) is 8.78 Å². The fraction of sp³-hybridized carbons (Fsp3) is 0.167. The average molecular weight is 495 g/mol. The predicted molar refractivity (Wildman–Crippen MR) is 112 cm³/mol. The van der Waals surface area contributed by atoms with Gasteiger partial charge in [-0.15, -0.1) is 13.2 Å². The maximum absolute atomic E-state index is 15.6. The van der Waals surface area contributed by atoms with Crippen LogP contribution in [0.5, 0.6) is 5.75 Å². The first-order chi connectivity index (χ1) is 16.5. The highest BCUT2D eigenvalue weighted by Crippen LogP contribution is 2.44. The summed E-state index contributed by atoms with van der Waals surface area (Å²) < 4.78 is 100.0. The second-order valence-corrected chi connectivity index (χ2v) is 7.63. The summed E-state index contributed by atoms with van der Waals surface area (Å²) >= 11 is 0. The molecule has 1 unspecified atom stereocenters. The third kappa shape index (κ3) is 5.61. The molecule has 0 aliphatic carbocycles. The Hall–Kier alpha value is -3.89. The molecule has 0 amide bonds. The van der Waals surface area contributed by atoms with Crippen LogP contribution in [0.4, 0.5) is 30.7 Å². The first kappa shape index (κ1) is 24.2. The molecule has 11 heteroatoms. The molecule has 0 spiro atoms. The van der Waals surface area contributed by atoms with Gasteiger partial charge in [0.05, 0.1) is 5.92 Å². The van der Waals surface area contributed by atoms with Crippen LogP contribution in [0.15, 0.2) is 73.1 Å². The summed E-state index contributed by atoms with van der Waals surface area (Å²) in [7, 11) is 0. The van der Waals surface area contributed by atoms with Crippen LogP contribution in [-0.2, 0) is 12.3 Å². The van der Waals surface area contributed by atoms with Crippen molar-refractivity contribution in [1.29, 1.82) is 0 Å². The van der Waals surface area contributed by atoms with Crippen molar-refractivity contribution < 1.29 is 35.5 Å². The van der Waals surface area contributed by atoms with E-state index in [0.29, 0.717) is 22.9 Å². The molecule has 0 saturated heterocycles. The Morgan fingerprint density at radius 1 is 0.857 bits per heavy atom. The first-order valence-electron chi connectivity index (χ1n) is 10.2. The number of hydrogen-bond acceptors (Lipinski definition) is 3. The predicted octanol–water partition coefficient (Wildman–Crippen LogP) is 6.77. The van der Waals surface area contributed by atoms with Gasteiger partial charge in [0.1, 0.15) is 23.1 Å². The minimum atomic E-state index is -4.84. The van der Waals surface area contributed by atoms with Gasteiger partial charge >= 0.3 is 6.36 Å². The van der Waals surface area contributed by atoms with Crippen molar-refractivity contribution in [2.45, 2.75) is 24.6 Å². The molecule has 4 nitrogen and oxygen atoms in total. The summed E-state index contributed by atoms with van der Waals surface area (Å²) in [5.74, 6) is -7.86. The van der Waals surface area contributed by atoms with Gasteiger partial charge in [0.15, 0.2) is 0 Å². The summed E-state index contributed by atoms with van der Waals surface area (Å²) in [6.45, 7) is 0. The molecule has 35 heavy (non-hydrogen) atoms. The summed E-state index contributed by atoms with van der Waals surface area (Å²) in [6.07, 6.45) is -2.67. The zero-order valence-corrected chi connectivity index (χ0v) is 17.7. The zero-order valence-electron chi connectivity index (χ0n) is 17.7. The minimum absolute atomic E-state index is 0.316. The molecule has 1 N–H and O–H groups in total. The van der Waals surface area contributed by atoms with Gasteiger partial charge in [0.2, 0.25) is 0 Å². The van der Waals surface area contributed by atoms with Crippen molar-refractivity contribution in [3.05, 3.63) is 102 Å². The number of rotatable bonds is 7. The summed E-state index contributed by atoms with van der Waals surface area (Å²) in [4.78, 5) is 3.85. The van der Waals surface area contributed by atoms with Crippen LogP contribution >= 0.6 is 0 Å². The number of alkyl halides is 5. The van der Waals surface area contributed by atoms with E-state index in [-0.39, 0.29) is 6.42 Å². The summed E-state index contributed by atoms with van der Waals surface area (Å²) in [6, 6.07) is 11.1. The Balaban J connectivity index is 1.63. The van der Waals surface area contributed by atoms with Crippen LogP contribution in [0.1, 0.15) is 22.9 Å². The van der Waals surface area contributed by atoms with Crippen LogP contribution in [0.2, 0.25) is 0 Å². The maximum Gasteiger partial charge on any atom is 0.573 e. The van der Waals surface area contributed by atoms with Crippen LogP contribution < -0.4 is 4.74 Å². The van der Waals surface area contributed by atoms with E-state index in [0.717, 1.165) is 36.5 Å². The van der Waals surface area contributed by atoms with Crippen molar-refractivity contribution in [3.8, 4) is 16.9 Å². The fourth-order valence-corrected chi connectivity index (χ4v) is 3.63. The van der Waals surface area contributed by atoms with Crippen molar-refractivity contribution in [3.63, 3.8) is 0 Å². The molecule has 1 atom stereocenters. The molecule has 2 aromatic carbocycles. The smallest absolute Gasteiger partial charge is 0.406 e. The molecule has 0 fully saturated rings. The third-order valence-electron chi connectivity index (χ3n) is 5.28. The Labute approximate surface area is 194 Å². The number of benzene rings is 2. The molecule has 4 rings (SSSR count). The number of hydrogen-bond donors (Lipinski definition) is 1.